The van der Waals surface area contributed by atoms with E-state index < -0.39 is 0 Å². The molecule has 0 bridgehead atoms. The molecule has 0 atom stereocenters. The van der Waals surface area contributed by atoms with Crippen LogP contribution in [-0.4, -0.2) is 24.7 Å². The molecule has 0 aromatic rings. The van der Waals surface area contributed by atoms with Gasteiger partial charge in [-0.05, 0) is 32.1 Å². The number of allylic oxidation sites excluding steroid dienone is 4. The molecule has 104 valence electrons. The molecular weight excluding hydrogens is 240 g/mol. The van der Waals surface area contributed by atoms with E-state index in [0.717, 1.165) is 56.6 Å². The Kier molecular flexibility index (Phi) is 5.19. The van der Waals surface area contributed by atoms with Crippen LogP contribution in [0.5, 0.6) is 0 Å². The topological polar surface area (TPSA) is 58.2 Å². The highest BCUT2D eigenvalue weighted by Crippen LogP contribution is 2.12. The quantitative estimate of drug-likeness (QED) is 0.717. The molecule has 4 nitrogen and oxygen atoms in total. The van der Waals surface area contributed by atoms with Crippen molar-refractivity contribution in [2.75, 3.05) is 13.1 Å². The van der Waals surface area contributed by atoms with Crippen molar-refractivity contribution in [3.63, 3.8) is 0 Å². The number of carbonyl (C=O) groups is 2. The minimum atomic E-state index is 0.226. The lowest BCUT2D eigenvalue weighted by Gasteiger charge is -2.16. The van der Waals surface area contributed by atoms with Gasteiger partial charge in [0.2, 0.25) is 0 Å². The second-order valence-electron chi connectivity index (χ2n) is 5.07. The molecule has 19 heavy (non-hydrogen) atoms. The third-order valence-corrected chi connectivity index (χ3v) is 3.50. The van der Waals surface area contributed by atoms with Gasteiger partial charge < -0.3 is 10.6 Å². The van der Waals surface area contributed by atoms with Crippen LogP contribution < -0.4 is 10.6 Å². The van der Waals surface area contributed by atoms with Crippen molar-refractivity contribution in [2.24, 2.45) is 0 Å². The second-order valence-corrected chi connectivity index (χ2v) is 5.07. The molecule has 0 saturated heterocycles. The first-order valence-corrected chi connectivity index (χ1v) is 7.22. The van der Waals surface area contributed by atoms with E-state index in [2.05, 4.69) is 10.6 Å². The molecule has 0 amide bonds. The van der Waals surface area contributed by atoms with Crippen LogP contribution in [-0.2, 0) is 9.59 Å². The maximum Gasteiger partial charge on any atom is 0.178 e. The Morgan fingerprint density at radius 3 is 1.74 bits per heavy atom. The fourth-order valence-corrected chi connectivity index (χ4v) is 2.39. The maximum atomic E-state index is 11.5. The first kappa shape index (κ1) is 13.8. The van der Waals surface area contributed by atoms with Gasteiger partial charge in [0.15, 0.2) is 11.6 Å². The van der Waals surface area contributed by atoms with E-state index in [4.69, 9.17) is 0 Å². The molecule has 0 aromatic heterocycles. The van der Waals surface area contributed by atoms with Gasteiger partial charge in [0.25, 0.3) is 0 Å². The van der Waals surface area contributed by atoms with Crippen molar-refractivity contribution >= 4 is 11.6 Å². The molecule has 0 fully saturated rings. The van der Waals surface area contributed by atoms with Crippen LogP contribution in [0.4, 0.5) is 0 Å². The van der Waals surface area contributed by atoms with E-state index in [-0.39, 0.29) is 11.6 Å². The fourth-order valence-electron chi connectivity index (χ4n) is 2.39. The van der Waals surface area contributed by atoms with E-state index in [0.29, 0.717) is 12.8 Å². The molecule has 0 radical (unpaired) electrons. The van der Waals surface area contributed by atoms with Crippen molar-refractivity contribution < 1.29 is 9.59 Å². The van der Waals surface area contributed by atoms with Gasteiger partial charge in [0.05, 0.1) is 11.4 Å². The summed E-state index contributed by atoms with van der Waals surface area (Å²) in [4.78, 5) is 23.1. The first-order valence-electron chi connectivity index (χ1n) is 7.22. The second kappa shape index (κ2) is 7.12. The standard InChI is InChI=1S/C15H22N2O2/c18-14-8-3-1-6-12(14)16-10-5-11-17-13-7-2-4-9-15(13)19/h6-7,16-17H,1-5,8-11H2. The van der Waals surface area contributed by atoms with Crippen LogP contribution >= 0.6 is 0 Å². The fraction of sp³-hybridized carbons (Fsp3) is 0.600. The summed E-state index contributed by atoms with van der Waals surface area (Å²) in [6.45, 7) is 1.54. The molecule has 4 heteroatoms. The summed E-state index contributed by atoms with van der Waals surface area (Å²) in [5.41, 5.74) is 1.55. The predicted octanol–water partition coefficient (Wildman–Crippen LogP) is 1.83. The van der Waals surface area contributed by atoms with Gasteiger partial charge in [-0.2, -0.15) is 0 Å². The van der Waals surface area contributed by atoms with E-state index >= 15 is 0 Å². The highest BCUT2D eigenvalue weighted by Gasteiger charge is 2.13. The molecule has 0 spiro atoms. The van der Waals surface area contributed by atoms with Crippen LogP contribution in [0.15, 0.2) is 23.5 Å². The number of nitrogens with one attached hydrogen (secondary N) is 2. The normalized spacial score (nSPS) is 19.8. The molecule has 2 aliphatic carbocycles. The first-order chi connectivity index (χ1) is 9.27. The summed E-state index contributed by atoms with van der Waals surface area (Å²) in [6.07, 6.45) is 10.1. The highest BCUT2D eigenvalue weighted by molar-refractivity contribution is 5.95. The summed E-state index contributed by atoms with van der Waals surface area (Å²) in [5.74, 6) is 0.453. The summed E-state index contributed by atoms with van der Waals surface area (Å²) in [7, 11) is 0. The predicted molar refractivity (Wildman–Crippen MR) is 74.5 cm³/mol. The Balaban J connectivity index is 1.62. The maximum absolute atomic E-state index is 11.5. The number of Topliss-reactive ketones (excluding diaryl/α,β-unsaturated/α-hetero) is 2. The smallest absolute Gasteiger partial charge is 0.178 e. The molecule has 0 saturated carbocycles. The SMILES string of the molecule is O=C1CCCC=C1NCCCNC1=CCCCC1=O. The largest absolute Gasteiger partial charge is 0.382 e. The number of ketones is 2. The lowest BCUT2D eigenvalue weighted by atomic mass is 10.0. The Hall–Kier alpha value is -1.58. The number of rotatable bonds is 6. The lowest BCUT2D eigenvalue weighted by molar-refractivity contribution is -0.117. The van der Waals surface area contributed by atoms with E-state index in [1.54, 1.807) is 0 Å². The number of hydrogen-bond donors (Lipinski definition) is 2. The van der Waals surface area contributed by atoms with Crippen LogP contribution in [0.1, 0.15) is 44.9 Å². The van der Waals surface area contributed by atoms with Gasteiger partial charge in [-0.3, -0.25) is 9.59 Å². The zero-order chi connectivity index (χ0) is 13.5. The van der Waals surface area contributed by atoms with Crippen molar-refractivity contribution in [3.05, 3.63) is 23.5 Å². The van der Waals surface area contributed by atoms with Gasteiger partial charge in [-0.15, -0.1) is 0 Å². The summed E-state index contributed by atoms with van der Waals surface area (Å²) in [5, 5.41) is 6.37. The molecule has 0 aliphatic heterocycles. The van der Waals surface area contributed by atoms with E-state index in [9.17, 15) is 9.59 Å². The van der Waals surface area contributed by atoms with Gasteiger partial charge in [-0.25, -0.2) is 0 Å². The van der Waals surface area contributed by atoms with E-state index in [1.165, 1.54) is 0 Å². The third kappa shape index (κ3) is 4.23. The van der Waals surface area contributed by atoms with Crippen molar-refractivity contribution in [2.45, 2.75) is 44.9 Å². The van der Waals surface area contributed by atoms with Crippen LogP contribution in [0.2, 0.25) is 0 Å². The molecule has 2 N–H and O–H groups in total. The van der Waals surface area contributed by atoms with Crippen molar-refractivity contribution in [1.29, 1.82) is 0 Å². The van der Waals surface area contributed by atoms with E-state index in [1.807, 2.05) is 12.2 Å². The Morgan fingerprint density at radius 2 is 1.32 bits per heavy atom. The average molecular weight is 262 g/mol. The molecule has 2 rings (SSSR count). The van der Waals surface area contributed by atoms with Crippen LogP contribution in [0.3, 0.4) is 0 Å². The number of carbonyl (C=O) groups excluding carboxylic acids is 2. The average Bonchev–Trinajstić information content (AvgIpc) is 2.42. The van der Waals surface area contributed by atoms with Gasteiger partial charge in [0, 0.05) is 25.9 Å². The Labute approximate surface area is 114 Å². The zero-order valence-corrected chi connectivity index (χ0v) is 11.3. The van der Waals surface area contributed by atoms with Crippen LogP contribution in [0.25, 0.3) is 0 Å². The lowest BCUT2D eigenvalue weighted by Crippen LogP contribution is -2.28. The minimum absolute atomic E-state index is 0.226. The molecule has 0 heterocycles. The van der Waals surface area contributed by atoms with Crippen LogP contribution in [0, 0.1) is 0 Å². The van der Waals surface area contributed by atoms with Crippen molar-refractivity contribution in [1.82, 2.24) is 10.6 Å². The molecule has 0 aromatic carbocycles. The Morgan fingerprint density at radius 1 is 0.842 bits per heavy atom. The zero-order valence-electron chi connectivity index (χ0n) is 11.3. The third-order valence-electron chi connectivity index (χ3n) is 3.50. The molecule has 2 aliphatic rings. The van der Waals surface area contributed by atoms with Crippen molar-refractivity contribution in [3.8, 4) is 0 Å². The van der Waals surface area contributed by atoms with Gasteiger partial charge >= 0.3 is 0 Å². The highest BCUT2D eigenvalue weighted by atomic mass is 16.1. The summed E-state index contributed by atoms with van der Waals surface area (Å²) in [6, 6.07) is 0. The number of hydrogen-bond acceptors (Lipinski definition) is 4. The monoisotopic (exact) mass is 262 g/mol. The molecule has 0 unspecified atom stereocenters. The molecular formula is C15H22N2O2. The Bertz CT molecular complexity index is 372. The summed E-state index contributed by atoms with van der Waals surface area (Å²) >= 11 is 0. The minimum Gasteiger partial charge on any atom is -0.382 e. The van der Waals surface area contributed by atoms with Gasteiger partial charge in [-0.1, -0.05) is 12.2 Å². The summed E-state index contributed by atoms with van der Waals surface area (Å²) < 4.78 is 0. The van der Waals surface area contributed by atoms with Gasteiger partial charge in [0.1, 0.15) is 0 Å².